The van der Waals surface area contributed by atoms with Crippen molar-refractivity contribution in [3.63, 3.8) is 0 Å². The lowest BCUT2D eigenvalue weighted by Crippen LogP contribution is -2.33. The van der Waals surface area contributed by atoms with E-state index in [-0.39, 0.29) is 6.54 Å². The Morgan fingerprint density at radius 2 is 1.33 bits per heavy atom. The summed E-state index contributed by atoms with van der Waals surface area (Å²) in [5.74, 6) is -3.11. The summed E-state index contributed by atoms with van der Waals surface area (Å²) in [5.41, 5.74) is 14.2. The molecular formula is C8H19N3O7. The Morgan fingerprint density at radius 1 is 1.06 bits per heavy atom. The SMILES string of the molecule is C[C@@H](N)C(=O)O.NCC(=O)O.N[C@H](CO)C(=O)O. The van der Waals surface area contributed by atoms with E-state index in [4.69, 9.17) is 31.9 Å². The molecule has 0 fully saturated rings. The van der Waals surface area contributed by atoms with Gasteiger partial charge in [-0.1, -0.05) is 0 Å². The number of carboxylic acid groups (broad SMARTS) is 3. The van der Waals surface area contributed by atoms with Crippen LogP contribution in [-0.2, 0) is 14.4 Å². The summed E-state index contributed by atoms with van der Waals surface area (Å²) in [6, 6.07) is -1.86. The van der Waals surface area contributed by atoms with Crippen molar-refractivity contribution in [3.8, 4) is 0 Å². The van der Waals surface area contributed by atoms with E-state index in [1.807, 2.05) is 0 Å². The molecule has 0 bridgehead atoms. The number of aliphatic carboxylic acids is 3. The van der Waals surface area contributed by atoms with Crippen LogP contribution >= 0.6 is 0 Å². The number of aliphatic hydroxyl groups excluding tert-OH is 1. The molecule has 0 rings (SSSR count). The van der Waals surface area contributed by atoms with Crippen molar-refractivity contribution < 1.29 is 34.8 Å². The summed E-state index contributed by atoms with van der Waals surface area (Å²) >= 11 is 0. The largest absolute Gasteiger partial charge is 0.480 e. The minimum absolute atomic E-state index is 0.278. The molecule has 0 aromatic carbocycles. The topological polar surface area (TPSA) is 210 Å². The van der Waals surface area contributed by atoms with Crippen molar-refractivity contribution in [3.05, 3.63) is 0 Å². The monoisotopic (exact) mass is 269 g/mol. The van der Waals surface area contributed by atoms with E-state index in [1.54, 1.807) is 0 Å². The van der Waals surface area contributed by atoms with Gasteiger partial charge in [0.05, 0.1) is 13.2 Å². The molecule has 2 atom stereocenters. The minimum Gasteiger partial charge on any atom is -0.480 e. The van der Waals surface area contributed by atoms with E-state index in [2.05, 4.69) is 5.73 Å². The number of carbonyl (C=O) groups is 3. The van der Waals surface area contributed by atoms with Crippen LogP contribution in [0.3, 0.4) is 0 Å². The van der Waals surface area contributed by atoms with Crippen LogP contribution in [-0.4, -0.2) is 63.6 Å². The average molecular weight is 269 g/mol. The van der Waals surface area contributed by atoms with Crippen molar-refractivity contribution >= 4 is 17.9 Å². The van der Waals surface area contributed by atoms with Gasteiger partial charge in [0, 0.05) is 0 Å². The van der Waals surface area contributed by atoms with E-state index in [0.717, 1.165) is 0 Å². The van der Waals surface area contributed by atoms with Crippen LogP contribution in [0.5, 0.6) is 0 Å². The van der Waals surface area contributed by atoms with E-state index in [0.29, 0.717) is 0 Å². The van der Waals surface area contributed by atoms with Gasteiger partial charge in [-0.3, -0.25) is 14.4 Å². The van der Waals surface area contributed by atoms with Gasteiger partial charge in [0.1, 0.15) is 12.1 Å². The lowest BCUT2D eigenvalue weighted by molar-refractivity contribution is -0.139. The zero-order valence-corrected chi connectivity index (χ0v) is 9.81. The minimum atomic E-state index is -1.18. The summed E-state index contributed by atoms with van der Waals surface area (Å²) < 4.78 is 0. The Morgan fingerprint density at radius 3 is 1.33 bits per heavy atom. The molecule has 0 aliphatic heterocycles. The fourth-order valence-corrected chi connectivity index (χ4v) is 0.0781. The molecule has 18 heavy (non-hydrogen) atoms. The van der Waals surface area contributed by atoms with Crippen molar-refractivity contribution in [2.45, 2.75) is 19.0 Å². The fraction of sp³-hybridized carbons (Fsp3) is 0.625. The molecule has 10 N–H and O–H groups in total. The molecule has 10 heteroatoms. The molecule has 0 heterocycles. The zero-order valence-electron chi connectivity index (χ0n) is 9.81. The van der Waals surface area contributed by atoms with Gasteiger partial charge in [0.15, 0.2) is 0 Å². The first-order valence-corrected chi connectivity index (χ1v) is 4.59. The third-order valence-electron chi connectivity index (χ3n) is 1.08. The highest BCUT2D eigenvalue weighted by Crippen LogP contribution is 1.71. The van der Waals surface area contributed by atoms with Crippen LogP contribution in [0.1, 0.15) is 6.92 Å². The van der Waals surface area contributed by atoms with Crippen LogP contribution in [0.25, 0.3) is 0 Å². The van der Waals surface area contributed by atoms with Crippen molar-refractivity contribution in [2.24, 2.45) is 17.2 Å². The maximum atomic E-state index is 9.65. The Labute approximate surface area is 103 Å². The Kier molecular flexibility index (Phi) is 15.9. The molecule has 0 aromatic rings. The predicted octanol–water partition coefficient (Wildman–Crippen LogP) is -3.16. The summed E-state index contributed by atoms with van der Waals surface area (Å²) in [4.78, 5) is 28.5. The van der Waals surface area contributed by atoms with Crippen molar-refractivity contribution in [1.82, 2.24) is 0 Å². The maximum Gasteiger partial charge on any atom is 0.322 e. The zero-order chi connectivity index (χ0) is 15.3. The fourth-order valence-electron chi connectivity index (χ4n) is 0.0781. The van der Waals surface area contributed by atoms with Gasteiger partial charge in [-0.25, -0.2) is 0 Å². The number of hydrogen-bond acceptors (Lipinski definition) is 7. The van der Waals surface area contributed by atoms with E-state index in [1.165, 1.54) is 6.92 Å². The summed E-state index contributed by atoms with van der Waals surface area (Å²) in [7, 11) is 0. The molecular weight excluding hydrogens is 250 g/mol. The summed E-state index contributed by atoms with van der Waals surface area (Å²) in [6.45, 7) is 0.637. The highest BCUT2D eigenvalue weighted by molar-refractivity contribution is 5.73. The molecule has 0 aromatic heterocycles. The normalized spacial score (nSPS) is 11.8. The van der Waals surface area contributed by atoms with Gasteiger partial charge in [-0.05, 0) is 6.92 Å². The maximum absolute atomic E-state index is 9.65. The first-order valence-electron chi connectivity index (χ1n) is 4.59. The lowest BCUT2D eigenvalue weighted by Gasteiger charge is -1.96. The highest BCUT2D eigenvalue weighted by atomic mass is 16.4. The van der Waals surface area contributed by atoms with Crippen LogP contribution in [0.2, 0.25) is 0 Å². The number of nitrogens with two attached hydrogens (primary N) is 3. The lowest BCUT2D eigenvalue weighted by atomic mass is 10.3. The van der Waals surface area contributed by atoms with E-state index in [9.17, 15) is 14.4 Å². The van der Waals surface area contributed by atoms with Gasteiger partial charge >= 0.3 is 17.9 Å². The van der Waals surface area contributed by atoms with Gasteiger partial charge in [-0.15, -0.1) is 0 Å². The number of rotatable bonds is 4. The third kappa shape index (κ3) is 23.8. The molecule has 0 saturated carbocycles. The van der Waals surface area contributed by atoms with Crippen molar-refractivity contribution in [1.29, 1.82) is 0 Å². The predicted molar refractivity (Wildman–Crippen MR) is 60.7 cm³/mol. The van der Waals surface area contributed by atoms with Crippen LogP contribution in [0.4, 0.5) is 0 Å². The molecule has 0 unspecified atom stereocenters. The highest BCUT2D eigenvalue weighted by Gasteiger charge is 2.07. The van der Waals surface area contributed by atoms with Gasteiger partial charge in [0.25, 0.3) is 0 Å². The first-order chi connectivity index (χ1) is 8.09. The second-order valence-electron chi connectivity index (χ2n) is 2.85. The Hall–Kier alpha value is -1.75. The van der Waals surface area contributed by atoms with Crippen LogP contribution in [0, 0.1) is 0 Å². The van der Waals surface area contributed by atoms with E-state index >= 15 is 0 Å². The third-order valence-corrected chi connectivity index (χ3v) is 1.08. The molecule has 0 spiro atoms. The Bertz CT molecular complexity index is 257. The van der Waals surface area contributed by atoms with Crippen LogP contribution in [0.15, 0.2) is 0 Å². The van der Waals surface area contributed by atoms with Gasteiger partial charge in [0.2, 0.25) is 0 Å². The first kappa shape index (κ1) is 21.5. The molecule has 0 radical (unpaired) electrons. The quantitative estimate of drug-likeness (QED) is 0.272. The summed E-state index contributed by atoms with van der Waals surface area (Å²) in [6.07, 6.45) is 0. The molecule has 108 valence electrons. The van der Waals surface area contributed by atoms with Crippen LogP contribution < -0.4 is 17.2 Å². The van der Waals surface area contributed by atoms with Gasteiger partial charge < -0.3 is 37.6 Å². The molecule has 0 amide bonds. The molecule has 0 saturated heterocycles. The summed E-state index contributed by atoms with van der Waals surface area (Å²) in [5, 5.41) is 31.4. The second-order valence-corrected chi connectivity index (χ2v) is 2.85. The molecule has 0 aliphatic carbocycles. The van der Waals surface area contributed by atoms with Crippen molar-refractivity contribution in [2.75, 3.05) is 13.2 Å². The number of hydrogen-bond donors (Lipinski definition) is 7. The molecule has 0 aliphatic rings. The smallest absolute Gasteiger partial charge is 0.322 e. The standard InChI is InChI=1S/C3H7NO3.C3H7NO2.C2H5NO2/c4-2(1-5)3(6)7;1-2(4)3(5)6;3-1-2(4)5/h2,5H,1,4H2,(H,6,7);2H,4H2,1H3,(H,5,6);1,3H2,(H,4,5)/t2*2-;/m11./s1. The Balaban J connectivity index is -0.000000190. The van der Waals surface area contributed by atoms with Gasteiger partial charge in [-0.2, -0.15) is 0 Å². The molecule has 10 nitrogen and oxygen atoms in total. The number of carboxylic acids is 3. The number of aliphatic hydroxyl groups is 1. The average Bonchev–Trinajstić information content (AvgIpc) is 2.29. The second kappa shape index (κ2) is 13.3. The van der Waals surface area contributed by atoms with E-state index < -0.39 is 36.6 Å².